The molecule has 2 N–H and O–H groups in total. The van der Waals surface area contributed by atoms with E-state index in [0.717, 1.165) is 37.3 Å². The number of nitrogens with one attached hydrogen (secondary N) is 2. The minimum Gasteiger partial charge on any atom is -0.356 e. The molecule has 23 heavy (non-hydrogen) atoms. The Morgan fingerprint density at radius 3 is 2.83 bits per heavy atom. The van der Waals surface area contributed by atoms with Crippen LogP contribution in [0.15, 0.2) is 29.5 Å². The Morgan fingerprint density at radius 2 is 2.13 bits per heavy atom. The number of aliphatic imine (C=N–C) groups is 1. The third kappa shape index (κ3) is 7.99. The average molecular weight is 430 g/mol. The molecule has 1 fully saturated rings. The number of nitrogens with zero attached hydrogens (tertiary/aromatic N) is 2. The molecule has 0 aromatic carbocycles. The SMILES string of the molecule is CN=C(NCCc1cccnc1)NCCC1CCCC(C)C1.I. The molecule has 0 amide bonds. The number of rotatable bonds is 6. The van der Waals surface area contributed by atoms with E-state index in [9.17, 15) is 0 Å². The highest BCUT2D eigenvalue weighted by atomic mass is 127. The molecule has 0 radical (unpaired) electrons. The molecule has 1 aromatic heterocycles. The summed E-state index contributed by atoms with van der Waals surface area (Å²) in [5.74, 6) is 2.72. The highest BCUT2D eigenvalue weighted by Gasteiger charge is 2.18. The predicted molar refractivity (Wildman–Crippen MR) is 108 cm³/mol. The van der Waals surface area contributed by atoms with Crippen molar-refractivity contribution in [2.24, 2.45) is 16.8 Å². The van der Waals surface area contributed by atoms with Gasteiger partial charge in [0.15, 0.2) is 5.96 Å². The van der Waals surface area contributed by atoms with Crippen molar-refractivity contribution < 1.29 is 0 Å². The van der Waals surface area contributed by atoms with E-state index in [0.29, 0.717) is 0 Å². The Labute approximate surface area is 158 Å². The van der Waals surface area contributed by atoms with E-state index in [1.54, 1.807) is 0 Å². The predicted octanol–water partition coefficient (Wildman–Crippen LogP) is 3.62. The molecular weight excluding hydrogens is 399 g/mol. The molecule has 2 unspecified atom stereocenters. The molecule has 0 bridgehead atoms. The molecule has 1 saturated carbocycles. The van der Waals surface area contributed by atoms with E-state index in [-0.39, 0.29) is 24.0 Å². The monoisotopic (exact) mass is 430 g/mol. The van der Waals surface area contributed by atoms with Crippen molar-refractivity contribution >= 4 is 29.9 Å². The molecule has 1 aromatic rings. The fourth-order valence-electron chi connectivity index (χ4n) is 3.31. The Morgan fingerprint density at radius 1 is 1.30 bits per heavy atom. The molecule has 5 heteroatoms. The lowest BCUT2D eigenvalue weighted by Gasteiger charge is -2.26. The van der Waals surface area contributed by atoms with Crippen molar-refractivity contribution in [2.45, 2.75) is 45.4 Å². The van der Waals surface area contributed by atoms with E-state index < -0.39 is 0 Å². The highest BCUT2D eigenvalue weighted by Crippen LogP contribution is 2.30. The van der Waals surface area contributed by atoms with Crippen LogP contribution >= 0.6 is 24.0 Å². The third-order valence-corrected chi connectivity index (χ3v) is 4.54. The van der Waals surface area contributed by atoms with Crippen molar-refractivity contribution in [3.8, 4) is 0 Å². The fourth-order valence-corrected chi connectivity index (χ4v) is 3.31. The molecule has 1 aliphatic rings. The van der Waals surface area contributed by atoms with Gasteiger partial charge in [0.1, 0.15) is 0 Å². The Bertz CT molecular complexity index is 450. The van der Waals surface area contributed by atoms with Crippen LogP contribution in [0.25, 0.3) is 0 Å². The summed E-state index contributed by atoms with van der Waals surface area (Å²) in [5.41, 5.74) is 1.25. The lowest BCUT2D eigenvalue weighted by Crippen LogP contribution is -2.39. The highest BCUT2D eigenvalue weighted by molar-refractivity contribution is 14.0. The lowest BCUT2D eigenvalue weighted by molar-refractivity contribution is 0.270. The van der Waals surface area contributed by atoms with Gasteiger partial charge in [-0.15, -0.1) is 24.0 Å². The van der Waals surface area contributed by atoms with Gasteiger partial charge >= 0.3 is 0 Å². The first kappa shape index (κ1) is 20.2. The van der Waals surface area contributed by atoms with E-state index >= 15 is 0 Å². The van der Waals surface area contributed by atoms with Crippen LogP contribution in [0.3, 0.4) is 0 Å². The number of halogens is 1. The van der Waals surface area contributed by atoms with E-state index in [1.165, 1.54) is 37.7 Å². The van der Waals surface area contributed by atoms with Crippen LogP contribution < -0.4 is 10.6 Å². The molecule has 2 atom stereocenters. The first-order chi connectivity index (χ1) is 10.8. The van der Waals surface area contributed by atoms with Crippen LogP contribution in [-0.4, -0.2) is 31.1 Å². The largest absolute Gasteiger partial charge is 0.356 e. The van der Waals surface area contributed by atoms with Crippen LogP contribution in [0.1, 0.15) is 44.6 Å². The topological polar surface area (TPSA) is 49.3 Å². The molecule has 0 saturated heterocycles. The van der Waals surface area contributed by atoms with Gasteiger partial charge in [0.05, 0.1) is 0 Å². The number of hydrogen-bond acceptors (Lipinski definition) is 2. The first-order valence-electron chi connectivity index (χ1n) is 8.61. The minimum absolute atomic E-state index is 0. The van der Waals surface area contributed by atoms with Crippen molar-refractivity contribution in [1.82, 2.24) is 15.6 Å². The second-order valence-electron chi connectivity index (χ2n) is 6.46. The summed E-state index contributed by atoms with van der Waals surface area (Å²) in [6.45, 7) is 4.29. The number of aromatic nitrogens is 1. The van der Waals surface area contributed by atoms with Crippen LogP contribution in [0.5, 0.6) is 0 Å². The smallest absolute Gasteiger partial charge is 0.190 e. The van der Waals surface area contributed by atoms with Gasteiger partial charge in [-0.05, 0) is 42.7 Å². The summed E-state index contributed by atoms with van der Waals surface area (Å²) in [6, 6.07) is 4.09. The summed E-state index contributed by atoms with van der Waals surface area (Å²) >= 11 is 0. The summed E-state index contributed by atoms with van der Waals surface area (Å²) in [7, 11) is 1.84. The molecule has 1 heterocycles. The molecule has 0 spiro atoms. The van der Waals surface area contributed by atoms with Gasteiger partial charge < -0.3 is 10.6 Å². The van der Waals surface area contributed by atoms with Gasteiger partial charge in [0.25, 0.3) is 0 Å². The van der Waals surface area contributed by atoms with Gasteiger partial charge in [-0.25, -0.2) is 0 Å². The third-order valence-electron chi connectivity index (χ3n) is 4.54. The van der Waals surface area contributed by atoms with Gasteiger partial charge in [0, 0.05) is 32.5 Å². The molecule has 2 rings (SSSR count). The molecule has 1 aliphatic carbocycles. The van der Waals surface area contributed by atoms with Gasteiger partial charge in [0.2, 0.25) is 0 Å². The van der Waals surface area contributed by atoms with E-state index in [2.05, 4.69) is 33.6 Å². The standard InChI is InChI=1S/C18H30N4.HI/c1-15-5-3-6-16(13-15)8-11-21-18(19-2)22-12-9-17-7-4-10-20-14-17;/h4,7,10,14-16H,3,5-6,8-9,11-13H2,1-2H3,(H2,19,21,22);1H. The minimum atomic E-state index is 0. The van der Waals surface area contributed by atoms with Gasteiger partial charge in [-0.1, -0.05) is 32.3 Å². The quantitative estimate of drug-likeness (QED) is 0.412. The lowest BCUT2D eigenvalue weighted by atomic mass is 9.81. The van der Waals surface area contributed by atoms with Crippen molar-refractivity contribution in [1.29, 1.82) is 0 Å². The normalized spacial score (nSPS) is 21.4. The maximum absolute atomic E-state index is 4.30. The zero-order valence-corrected chi connectivity index (χ0v) is 16.8. The van der Waals surface area contributed by atoms with E-state index in [1.807, 2.05) is 25.5 Å². The van der Waals surface area contributed by atoms with Crippen molar-refractivity contribution in [2.75, 3.05) is 20.1 Å². The average Bonchev–Trinajstić information content (AvgIpc) is 2.54. The van der Waals surface area contributed by atoms with Crippen LogP contribution in [-0.2, 0) is 6.42 Å². The summed E-state index contributed by atoms with van der Waals surface area (Å²) < 4.78 is 0. The fraction of sp³-hybridized carbons (Fsp3) is 0.667. The Balaban J connectivity index is 0.00000264. The Kier molecular flexibility index (Phi) is 10.2. The second-order valence-corrected chi connectivity index (χ2v) is 6.46. The molecular formula is C18H31IN4. The zero-order valence-electron chi connectivity index (χ0n) is 14.4. The van der Waals surface area contributed by atoms with Crippen molar-refractivity contribution in [3.63, 3.8) is 0 Å². The molecule has 0 aliphatic heterocycles. The maximum Gasteiger partial charge on any atom is 0.190 e. The summed E-state index contributed by atoms with van der Waals surface area (Å²) in [4.78, 5) is 8.43. The van der Waals surface area contributed by atoms with Gasteiger partial charge in [-0.3, -0.25) is 9.98 Å². The summed E-state index contributed by atoms with van der Waals surface area (Å²) in [6.07, 6.45) is 11.6. The molecule has 130 valence electrons. The summed E-state index contributed by atoms with van der Waals surface area (Å²) in [5, 5.41) is 6.82. The van der Waals surface area contributed by atoms with E-state index in [4.69, 9.17) is 0 Å². The van der Waals surface area contributed by atoms with Crippen LogP contribution in [0, 0.1) is 11.8 Å². The number of hydrogen-bond donors (Lipinski definition) is 2. The second kappa shape index (κ2) is 11.6. The van der Waals surface area contributed by atoms with Crippen molar-refractivity contribution in [3.05, 3.63) is 30.1 Å². The number of pyridine rings is 1. The Hall–Kier alpha value is -0.850. The maximum atomic E-state index is 4.30. The molecule has 4 nitrogen and oxygen atoms in total. The zero-order chi connectivity index (χ0) is 15.6. The van der Waals surface area contributed by atoms with Crippen LogP contribution in [0.2, 0.25) is 0 Å². The van der Waals surface area contributed by atoms with Gasteiger partial charge in [-0.2, -0.15) is 0 Å². The van der Waals surface area contributed by atoms with Crippen LogP contribution in [0.4, 0.5) is 0 Å². The first-order valence-corrected chi connectivity index (χ1v) is 8.61. The number of guanidine groups is 1.